The minimum atomic E-state index is -1.11. The van der Waals surface area contributed by atoms with Crippen LogP contribution in [0.5, 0.6) is 5.75 Å². The lowest BCUT2D eigenvalue weighted by Gasteiger charge is -2.32. The lowest BCUT2D eigenvalue weighted by molar-refractivity contribution is -0.137. The predicted octanol–water partition coefficient (Wildman–Crippen LogP) is 4.02. The number of nitrogen functional groups attached to an aromatic ring is 1. The van der Waals surface area contributed by atoms with Crippen molar-refractivity contribution < 1.29 is 19.4 Å². The molecule has 1 fully saturated rings. The summed E-state index contributed by atoms with van der Waals surface area (Å²) < 4.78 is 6.22. The Balaban J connectivity index is 1.87. The number of carboxylic acid groups (broad SMARTS) is 1. The average molecular weight is 414 g/mol. The lowest BCUT2D eigenvalue weighted by atomic mass is 10.0. The van der Waals surface area contributed by atoms with Gasteiger partial charge in [0.1, 0.15) is 11.3 Å². The highest BCUT2D eigenvalue weighted by Gasteiger charge is 2.36. The number of benzene rings is 1. The Labute approximate surface area is 177 Å². The molecule has 2 aromatic rings. The number of hydrogen-bond donors (Lipinski definition) is 2. The van der Waals surface area contributed by atoms with Crippen molar-refractivity contribution in [3.63, 3.8) is 0 Å². The maximum absolute atomic E-state index is 12.7. The molecule has 0 bridgehead atoms. The number of fused-ring (bicyclic) bond motifs is 1. The normalized spacial score (nSPS) is 20.0. The average Bonchev–Trinajstić information content (AvgIpc) is 3.00. The number of carbonyl (C=O) groups excluding carboxylic acids is 1. The molecule has 1 amide bonds. The molecule has 30 heavy (non-hydrogen) atoms. The first-order valence-electron chi connectivity index (χ1n) is 10.5. The first-order chi connectivity index (χ1) is 14.1. The Kier molecular flexibility index (Phi) is 6.19. The molecular weight excluding hydrogens is 382 g/mol. The molecule has 1 aliphatic heterocycles. The van der Waals surface area contributed by atoms with E-state index in [4.69, 9.17) is 10.5 Å². The minimum Gasteiger partial charge on any atom is -0.490 e. The summed E-state index contributed by atoms with van der Waals surface area (Å²) >= 11 is 0. The fourth-order valence-corrected chi connectivity index (χ4v) is 4.45. The van der Waals surface area contributed by atoms with Crippen molar-refractivity contribution in [2.75, 3.05) is 5.73 Å². The van der Waals surface area contributed by atoms with Crippen LogP contribution in [0.15, 0.2) is 18.2 Å². The van der Waals surface area contributed by atoms with Gasteiger partial charge in [-0.1, -0.05) is 19.9 Å². The van der Waals surface area contributed by atoms with Crippen LogP contribution in [0.2, 0.25) is 0 Å². The topological polar surface area (TPSA) is 106 Å². The van der Waals surface area contributed by atoms with Gasteiger partial charge in [-0.05, 0) is 45.7 Å². The molecule has 3 rings (SSSR count). The van der Waals surface area contributed by atoms with E-state index in [-0.39, 0.29) is 41.3 Å². The van der Waals surface area contributed by atoms with E-state index in [0.717, 1.165) is 12.8 Å². The summed E-state index contributed by atoms with van der Waals surface area (Å²) in [5.41, 5.74) is 7.37. The third-order valence-corrected chi connectivity index (χ3v) is 5.87. The van der Waals surface area contributed by atoms with Gasteiger partial charge in [0, 0.05) is 24.4 Å². The number of hydrogen-bond acceptors (Lipinski definition) is 5. The molecule has 3 atom stereocenters. The standard InChI is InChI=1S/C23H31N3O4/c1-12(2)22(27)26-13(3)9-10-16(26)11-14(4)30-18-8-6-7-17-20(18)21(24)19(23(28)29)15(5)25-17/h6-8,12-14,16H,9-11H2,1-5H3,(H2,24,25)(H,28,29). The fraction of sp³-hybridized carbons (Fsp3) is 0.522. The number of aromatic carboxylic acids is 1. The summed E-state index contributed by atoms with van der Waals surface area (Å²) in [6.45, 7) is 9.56. The highest BCUT2D eigenvalue weighted by molar-refractivity contribution is 6.06. The molecule has 7 heteroatoms. The second-order valence-corrected chi connectivity index (χ2v) is 8.59. The Hall–Kier alpha value is -2.83. The van der Waals surface area contributed by atoms with E-state index in [2.05, 4.69) is 11.9 Å². The maximum Gasteiger partial charge on any atom is 0.339 e. The second-order valence-electron chi connectivity index (χ2n) is 8.59. The van der Waals surface area contributed by atoms with Crippen molar-refractivity contribution in [2.24, 2.45) is 5.92 Å². The number of carboxylic acids is 1. The molecular formula is C23H31N3O4. The first kappa shape index (κ1) is 21.9. The van der Waals surface area contributed by atoms with E-state index in [1.807, 2.05) is 31.7 Å². The summed E-state index contributed by atoms with van der Waals surface area (Å²) in [5, 5.41) is 10.0. The van der Waals surface area contributed by atoms with Gasteiger partial charge in [-0.15, -0.1) is 0 Å². The third kappa shape index (κ3) is 4.06. The quantitative estimate of drug-likeness (QED) is 0.741. The Morgan fingerprint density at radius 3 is 2.63 bits per heavy atom. The fourth-order valence-electron chi connectivity index (χ4n) is 4.45. The van der Waals surface area contributed by atoms with Gasteiger partial charge < -0.3 is 20.5 Å². The molecule has 7 nitrogen and oxygen atoms in total. The van der Waals surface area contributed by atoms with Crippen LogP contribution in [0.4, 0.5) is 5.69 Å². The third-order valence-electron chi connectivity index (χ3n) is 5.87. The van der Waals surface area contributed by atoms with Crippen LogP contribution in [0.3, 0.4) is 0 Å². The van der Waals surface area contributed by atoms with Crippen LogP contribution < -0.4 is 10.5 Å². The van der Waals surface area contributed by atoms with Crippen molar-refractivity contribution in [2.45, 2.75) is 72.1 Å². The summed E-state index contributed by atoms with van der Waals surface area (Å²) in [7, 11) is 0. The van der Waals surface area contributed by atoms with Gasteiger partial charge in [0.2, 0.25) is 5.91 Å². The minimum absolute atomic E-state index is 0.00419. The number of likely N-dealkylation sites (tertiary alicyclic amines) is 1. The number of nitrogens with zero attached hydrogens (tertiary/aromatic N) is 2. The number of anilines is 1. The van der Waals surface area contributed by atoms with Crippen LogP contribution in [0, 0.1) is 12.8 Å². The molecule has 1 saturated heterocycles. The summed E-state index contributed by atoms with van der Waals surface area (Å²) in [6, 6.07) is 5.77. The number of carbonyl (C=O) groups is 2. The zero-order chi connectivity index (χ0) is 22.2. The summed E-state index contributed by atoms with van der Waals surface area (Å²) in [5.74, 6) is -0.450. The molecule has 162 valence electrons. The van der Waals surface area contributed by atoms with E-state index >= 15 is 0 Å². The van der Waals surface area contributed by atoms with Gasteiger partial charge in [-0.2, -0.15) is 0 Å². The molecule has 3 unspecified atom stereocenters. The van der Waals surface area contributed by atoms with Gasteiger partial charge in [0.05, 0.1) is 28.4 Å². The van der Waals surface area contributed by atoms with Gasteiger partial charge in [0.25, 0.3) is 0 Å². The smallest absolute Gasteiger partial charge is 0.339 e. The number of ether oxygens (including phenoxy) is 1. The molecule has 1 aromatic heterocycles. The Morgan fingerprint density at radius 1 is 1.30 bits per heavy atom. The molecule has 1 aromatic carbocycles. The van der Waals surface area contributed by atoms with Crippen LogP contribution in [0.25, 0.3) is 10.9 Å². The van der Waals surface area contributed by atoms with E-state index in [9.17, 15) is 14.7 Å². The molecule has 0 radical (unpaired) electrons. The second kappa shape index (κ2) is 8.50. The van der Waals surface area contributed by atoms with E-state index in [1.165, 1.54) is 0 Å². The molecule has 3 N–H and O–H groups in total. The van der Waals surface area contributed by atoms with Crippen molar-refractivity contribution in [3.05, 3.63) is 29.5 Å². The highest BCUT2D eigenvalue weighted by Crippen LogP contribution is 2.35. The van der Waals surface area contributed by atoms with Crippen molar-refractivity contribution >= 4 is 28.5 Å². The number of pyridine rings is 1. The molecule has 0 saturated carbocycles. The zero-order valence-electron chi connectivity index (χ0n) is 18.3. The van der Waals surface area contributed by atoms with Crippen LogP contribution in [-0.4, -0.2) is 45.1 Å². The van der Waals surface area contributed by atoms with Crippen molar-refractivity contribution in [1.82, 2.24) is 9.88 Å². The maximum atomic E-state index is 12.7. The van der Waals surface area contributed by atoms with E-state index in [0.29, 0.717) is 28.8 Å². The number of nitrogens with two attached hydrogens (primary N) is 1. The number of aromatic nitrogens is 1. The molecule has 2 heterocycles. The zero-order valence-corrected chi connectivity index (χ0v) is 18.3. The number of aryl methyl sites for hydroxylation is 1. The SMILES string of the molecule is Cc1nc2cccc(OC(C)CC3CCC(C)N3C(=O)C(C)C)c2c(N)c1C(=O)O. The van der Waals surface area contributed by atoms with Crippen LogP contribution in [-0.2, 0) is 4.79 Å². The number of rotatable bonds is 6. The highest BCUT2D eigenvalue weighted by atomic mass is 16.5. The summed E-state index contributed by atoms with van der Waals surface area (Å²) in [6.07, 6.45) is 2.46. The van der Waals surface area contributed by atoms with Crippen LogP contribution in [0.1, 0.15) is 63.0 Å². The van der Waals surface area contributed by atoms with E-state index < -0.39 is 5.97 Å². The lowest BCUT2D eigenvalue weighted by Crippen LogP contribution is -2.43. The summed E-state index contributed by atoms with van der Waals surface area (Å²) in [4.78, 5) is 30.7. The first-order valence-corrected chi connectivity index (χ1v) is 10.5. The van der Waals surface area contributed by atoms with E-state index in [1.54, 1.807) is 19.1 Å². The van der Waals surface area contributed by atoms with Gasteiger partial charge in [0.15, 0.2) is 0 Å². The molecule has 0 spiro atoms. The van der Waals surface area contributed by atoms with Gasteiger partial charge in [-0.3, -0.25) is 9.78 Å². The van der Waals surface area contributed by atoms with Crippen molar-refractivity contribution in [3.8, 4) is 5.75 Å². The predicted molar refractivity (Wildman–Crippen MR) is 117 cm³/mol. The number of amides is 1. The molecule has 1 aliphatic rings. The van der Waals surface area contributed by atoms with Crippen LogP contribution >= 0.6 is 0 Å². The largest absolute Gasteiger partial charge is 0.490 e. The Bertz CT molecular complexity index is 973. The monoisotopic (exact) mass is 413 g/mol. The van der Waals surface area contributed by atoms with Gasteiger partial charge in [-0.25, -0.2) is 4.79 Å². The molecule has 0 aliphatic carbocycles. The van der Waals surface area contributed by atoms with Gasteiger partial charge >= 0.3 is 5.97 Å². The van der Waals surface area contributed by atoms with Crippen molar-refractivity contribution in [1.29, 1.82) is 0 Å². The Morgan fingerprint density at radius 2 is 2.00 bits per heavy atom.